The Kier molecular flexibility index (Phi) is 5.94. The predicted octanol–water partition coefficient (Wildman–Crippen LogP) is 4.00. The quantitative estimate of drug-likeness (QED) is 0.815. The van der Waals surface area contributed by atoms with Gasteiger partial charge in [0.15, 0.2) is 0 Å². The lowest BCUT2D eigenvalue weighted by Gasteiger charge is -2.19. The van der Waals surface area contributed by atoms with E-state index in [9.17, 15) is 4.39 Å². The molecule has 0 aliphatic heterocycles. The van der Waals surface area contributed by atoms with Crippen LogP contribution in [0.2, 0.25) is 0 Å². The third-order valence-corrected chi connectivity index (χ3v) is 3.95. The van der Waals surface area contributed by atoms with E-state index in [2.05, 4.69) is 33.3 Å². The lowest BCUT2D eigenvalue weighted by atomic mass is 9.99. The van der Waals surface area contributed by atoms with Gasteiger partial charge in [0.2, 0.25) is 0 Å². The molecule has 1 aromatic heterocycles. The van der Waals surface area contributed by atoms with Gasteiger partial charge in [-0.3, -0.25) is 4.68 Å². The van der Waals surface area contributed by atoms with E-state index in [4.69, 9.17) is 0 Å². The van der Waals surface area contributed by atoms with E-state index in [1.807, 2.05) is 25.5 Å². The predicted molar refractivity (Wildman–Crippen MR) is 86.7 cm³/mol. The molecule has 1 aromatic carbocycles. The van der Waals surface area contributed by atoms with Crippen LogP contribution in [0.1, 0.15) is 36.9 Å². The number of benzene rings is 1. The summed E-state index contributed by atoms with van der Waals surface area (Å²) in [6.07, 6.45) is 6.63. The molecule has 1 heterocycles. The van der Waals surface area contributed by atoms with Crippen molar-refractivity contribution in [3.63, 3.8) is 0 Å². The van der Waals surface area contributed by atoms with Crippen LogP contribution in [0.3, 0.4) is 0 Å². The van der Waals surface area contributed by atoms with Gasteiger partial charge in [-0.2, -0.15) is 5.10 Å². The monoisotopic (exact) mass is 353 g/mol. The van der Waals surface area contributed by atoms with Crippen molar-refractivity contribution in [1.82, 2.24) is 15.1 Å². The molecule has 0 amide bonds. The Morgan fingerprint density at radius 2 is 2.24 bits per heavy atom. The van der Waals surface area contributed by atoms with Crippen molar-refractivity contribution in [1.29, 1.82) is 0 Å². The van der Waals surface area contributed by atoms with Gasteiger partial charge in [-0.25, -0.2) is 4.39 Å². The van der Waals surface area contributed by atoms with Crippen LogP contribution in [0, 0.1) is 5.82 Å². The smallest absolute Gasteiger partial charge is 0.128 e. The summed E-state index contributed by atoms with van der Waals surface area (Å²) in [5, 5.41) is 7.62. The molecule has 0 saturated carbocycles. The summed E-state index contributed by atoms with van der Waals surface area (Å²) in [6.45, 7) is 2.99. The Bertz CT molecular complexity index is 583. The maximum atomic E-state index is 14.1. The van der Waals surface area contributed by atoms with Crippen LogP contribution in [0.5, 0.6) is 0 Å². The van der Waals surface area contributed by atoms with E-state index in [-0.39, 0.29) is 11.9 Å². The summed E-state index contributed by atoms with van der Waals surface area (Å²) < 4.78 is 16.8. The first-order valence-electron chi connectivity index (χ1n) is 7.26. The maximum Gasteiger partial charge on any atom is 0.128 e. The van der Waals surface area contributed by atoms with Gasteiger partial charge < -0.3 is 5.32 Å². The summed E-state index contributed by atoms with van der Waals surface area (Å²) in [5.41, 5.74) is 1.90. The molecule has 114 valence electrons. The van der Waals surface area contributed by atoms with Crippen LogP contribution >= 0.6 is 15.9 Å². The molecule has 1 unspecified atom stereocenters. The number of nitrogens with one attached hydrogen (secondary N) is 1. The topological polar surface area (TPSA) is 29.9 Å². The second kappa shape index (κ2) is 7.71. The van der Waals surface area contributed by atoms with Crippen LogP contribution < -0.4 is 5.32 Å². The van der Waals surface area contributed by atoms with Crippen LogP contribution in [0.25, 0.3) is 0 Å². The molecule has 0 bridgehead atoms. The van der Waals surface area contributed by atoms with Crippen LogP contribution in [0.4, 0.5) is 4.39 Å². The first-order valence-corrected chi connectivity index (χ1v) is 8.05. The standard InChI is InChI=1S/C16H21BrFN3/c1-3-8-19-16(7-4-12-10-20-21(2)11-12)14-9-13(17)5-6-15(14)18/h5-6,9-11,16,19H,3-4,7-8H2,1-2H3. The van der Waals surface area contributed by atoms with Crippen LogP contribution in [0.15, 0.2) is 35.1 Å². The zero-order valence-electron chi connectivity index (χ0n) is 12.4. The van der Waals surface area contributed by atoms with Gasteiger partial charge in [-0.15, -0.1) is 0 Å². The molecule has 0 spiro atoms. The van der Waals surface area contributed by atoms with Crippen molar-refractivity contribution in [3.05, 3.63) is 52.0 Å². The fourth-order valence-corrected chi connectivity index (χ4v) is 2.76. The molecule has 0 radical (unpaired) electrons. The van der Waals surface area contributed by atoms with Crippen LogP contribution in [-0.4, -0.2) is 16.3 Å². The zero-order valence-corrected chi connectivity index (χ0v) is 14.0. The summed E-state index contributed by atoms with van der Waals surface area (Å²) in [5.74, 6) is -0.155. The first kappa shape index (κ1) is 16.2. The minimum Gasteiger partial charge on any atom is -0.310 e. The largest absolute Gasteiger partial charge is 0.310 e. The van der Waals surface area contributed by atoms with Crippen molar-refractivity contribution in [2.75, 3.05) is 6.54 Å². The zero-order chi connectivity index (χ0) is 15.2. The second-order valence-corrected chi connectivity index (χ2v) is 6.15. The minimum absolute atomic E-state index is 0.0163. The third kappa shape index (κ3) is 4.64. The highest BCUT2D eigenvalue weighted by Crippen LogP contribution is 2.25. The number of aryl methyl sites for hydroxylation is 2. The molecule has 21 heavy (non-hydrogen) atoms. The van der Waals surface area contributed by atoms with Crippen molar-refractivity contribution < 1.29 is 4.39 Å². The van der Waals surface area contributed by atoms with Gasteiger partial charge in [0.25, 0.3) is 0 Å². The Balaban J connectivity index is 2.11. The number of halogens is 2. The molecular formula is C16H21BrFN3. The third-order valence-electron chi connectivity index (χ3n) is 3.45. The number of hydrogen-bond acceptors (Lipinski definition) is 2. The van der Waals surface area contributed by atoms with Gasteiger partial charge in [0.05, 0.1) is 6.20 Å². The first-order chi connectivity index (χ1) is 10.1. The fraction of sp³-hybridized carbons (Fsp3) is 0.438. The molecular weight excluding hydrogens is 333 g/mol. The second-order valence-electron chi connectivity index (χ2n) is 5.23. The number of aromatic nitrogens is 2. The molecule has 5 heteroatoms. The normalized spacial score (nSPS) is 12.6. The van der Waals surface area contributed by atoms with E-state index in [0.717, 1.165) is 35.8 Å². The molecule has 0 aliphatic rings. The van der Waals surface area contributed by atoms with E-state index in [0.29, 0.717) is 0 Å². The van der Waals surface area contributed by atoms with Crippen molar-refractivity contribution in [2.45, 2.75) is 32.2 Å². The lowest BCUT2D eigenvalue weighted by Crippen LogP contribution is -2.23. The van der Waals surface area contributed by atoms with E-state index in [1.165, 1.54) is 11.6 Å². The lowest BCUT2D eigenvalue weighted by molar-refractivity contribution is 0.473. The maximum absolute atomic E-state index is 14.1. The Labute approximate surface area is 133 Å². The molecule has 0 saturated heterocycles. The van der Waals surface area contributed by atoms with Crippen molar-refractivity contribution >= 4 is 15.9 Å². The van der Waals surface area contributed by atoms with E-state index >= 15 is 0 Å². The average molecular weight is 354 g/mol. The highest BCUT2D eigenvalue weighted by atomic mass is 79.9. The Hall–Kier alpha value is -1.20. The van der Waals surface area contributed by atoms with Gasteiger partial charge >= 0.3 is 0 Å². The number of rotatable bonds is 7. The summed E-state index contributed by atoms with van der Waals surface area (Å²) in [7, 11) is 1.91. The highest BCUT2D eigenvalue weighted by Gasteiger charge is 2.16. The van der Waals surface area contributed by atoms with Gasteiger partial charge in [0, 0.05) is 29.3 Å². The summed E-state index contributed by atoms with van der Waals surface area (Å²) in [6, 6.07) is 5.13. The van der Waals surface area contributed by atoms with Gasteiger partial charge in [-0.05, 0) is 49.6 Å². The number of nitrogens with zero attached hydrogens (tertiary/aromatic N) is 2. The molecule has 1 atom stereocenters. The van der Waals surface area contributed by atoms with Crippen LogP contribution in [-0.2, 0) is 13.5 Å². The van der Waals surface area contributed by atoms with Gasteiger partial charge in [-0.1, -0.05) is 22.9 Å². The molecule has 0 fully saturated rings. The minimum atomic E-state index is -0.155. The SMILES string of the molecule is CCCNC(CCc1cnn(C)c1)c1cc(Br)ccc1F. The molecule has 2 rings (SSSR count). The fourth-order valence-electron chi connectivity index (χ4n) is 2.38. The average Bonchev–Trinajstić information content (AvgIpc) is 2.88. The summed E-state index contributed by atoms with van der Waals surface area (Å²) >= 11 is 3.42. The number of hydrogen-bond donors (Lipinski definition) is 1. The molecule has 1 N–H and O–H groups in total. The molecule has 0 aliphatic carbocycles. The molecule has 2 aromatic rings. The molecule has 3 nitrogen and oxygen atoms in total. The summed E-state index contributed by atoms with van der Waals surface area (Å²) in [4.78, 5) is 0. The Morgan fingerprint density at radius 1 is 1.43 bits per heavy atom. The van der Waals surface area contributed by atoms with E-state index < -0.39 is 0 Å². The van der Waals surface area contributed by atoms with E-state index in [1.54, 1.807) is 10.7 Å². The highest BCUT2D eigenvalue weighted by molar-refractivity contribution is 9.10. The van der Waals surface area contributed by atoms with Crippen molar-refractivity contribution in [3.8, 4) is 0 Å². The van der Waals surface area contributed by atoms with Gasteiger partial charge in [0.1, 0.15) is 5.82 Å². The Morgan fingerprint density at radius 3 is 2.90 bits per heavy atom. The van der Waals surface area contributed by atoms with Crippen molar-refractivity contribution in [2.24, 2.45) is 7.05 Å².